The number of carbonyl (C=O) groups is 3. The molecule has 0 radical (unpaired) electrons. The highest BCUT2D eigenvalue weighted by atomic mass is 16.5. The van der Waals surface area contributed by atoms with Gasteiger partial charge >= 0.3 is 5.97 Å². The second kappa shape index (κ2) is 4.74. The molecule has 0 aromatic heterocycles. The molecule has 0 aliphatic carbocycles. The molecule has 1 amide bonds. The Labute approximate surface area is 82.8 Å². The lowest BCUT2D eigenvalue weighted by Gasteiger charge is -2.22. The van der Waals surface area contributed by atoms with Crippen LogP contribution in [0.5, 0.6) is 0 Å². The van der Waals surface area contributed by atoms with Crippen LogP contribution in [0.1, 0.15) is 27.2 Å². The molecule has 0 heterocycles. The molecule has 14 heavy (non-hydrogen) atoms. The lowest BCUT2D eigenvalue weighted by molar-refractivity contribution is -0.149. The molecule has 80 valence electrons. The Hall–Kier alpha value is -1.39. The Morgan fingerprint density at radius 3 is 2.14 bits per heavy atom. The highest BCUT2D eigenvalue weighted by molar-refractivity contribution is 5.98. The van der Waals surface area contributed by atoms with Crippen molar-refractivity contribution >= 4 is 17.7 Å². The van der Waals surface area contributed by atoms with Crippen LogP contribution < -0.4 is 5.32 Å². The number of methoxy groups -OCH3 is 1. The van der Waals surface area contributed by atoms with E-state index in [0.29, 0.717) is 0 Å². The number of Topliss-reactive ketones (excluding diaryl/α,β-unsaturated/α-hetero) is 1. The molecule has 0 unspecified atom stereocenters. The monoisotopic (exact) mass is 201 g/mol. The SMILES string of the molecule is COC(=O)C(C)(C)NC(=O)CC(C)=O. The summed E-state index contributed by atoms with van der Waals surface area (Å²) in [6, 6.07) is 0. The van der Waals surface area contributed by atoms with E-state index in [1.165, 1.54) is 27.9 Å². The van der Waals surface area contributed by atoms with Crippen LogP contribution in [-0.2, 0) is 19.1 Å². The van der Waals surface area contributed by atoms with E-state index in [-0.39, 0.29) is 12.2 Å². The third kappa shape index (κ3) is 4.02. The Morgan fingerprint density at radius 1 is 1.29 bits per heavy atom. The molecule has 0 spiro atoms. The van der Waals surface area contributed by atoms with Gasteiger partial charge in [0.05, 0.1) is 13.5 Å². The van der Waals surface area contributed by atoms with Crippen molar-refractivity contribution < 1.29 is 19.1 Å². The summed E-state index contributed by atoms with van der Waals surface area (Å²) >= 11 is 0. The molecule has 5 heteroatoms. The summed E-state index contributed by atoms with van der Waals surface area (Å²) in [5.41, 5.74) is -1.10. The number of rotatable bonds is 4. The number of hydrogen-bond acceptors (Lipinski definition) is 4. The molecule has 1 N–H and O–H groups in total. The standard InChI is InChI=1S/C9H15NO4/c1-6(11)5-7(12)10-9(2,3)8(13)14-4/h5H2,1-4H3,(H,10,12). The van der Waals surface area contributed by atoms with Gasteiger partial charge in [-0.25, -0.2) is 4.79 Å². The topological polar surface area (TPSA) is 72.5 Å². The van der Waals surface area contributed by atoms with Crippen LogP contribution >= 0.6 is 0 Å². The van der Waals surface area contributed by atoms with Gasteiger partial charge in [-0.15, -0.1) is 0 Å². The fourth-order valence-electron chi connectivity index (χ4n) is 0.925. The summed E-state index contributed by atoms with van der Waals surface area (Å²) in [6.45, 7) is 4.33. The second-order valence-corrected chi connectivity index (χ2v) is 3.54. The lowest BCUT2D eigenvalue weighted by Crippen LogP contribution is -2.50. The largest absolute Gasteiger partial charge is 0.467 e. The predicted molar refractivity (Wildman–Crippen MR) is 49.5 cm³/mol. The molecule has 0 saturated heterocycles. The van der Waals surface area contributed by atoms with Crippen LogP contribution in [-0.4, -0.2) is 30.3 Å². The number of carbonyl (C=O) groups excluding carboxylic acids is 3. The van der Waals surface area contributed by atoms with Crippen LogP contribution in [0.3, 0.4) is 0 Å². The van der Waals surface area contributed by atoms with Crippen LogP contribution in [0.2, 0.25) is 0 Å². The number of ketones is 1. The Balaban J connectivity index is 4.29. The molecule has 0 aromatic carbocycles. The first-order valence-corrected chi connectivity index (χ1v) is 4.18. The maximum atomic E-state index is 11.1. The van der Waals surface area contributed by atoms with Crippen molar-refractivity contribution in [2.45, 2.75) is 32.7 Å². The molecular formula is C9H15NO4. The van der Waals surface area contributed by atoms with E-state index in [4.69, 9.17) is 0 Å². The van der Waals surface area contributed by atoms with E-state index >= 15 is 0 Å². The summed E-state index contributed by atoms with van der Waals surface area (Å²) in [7, 11) is 1.24. The van der Waals surface area contributed by atoms with Gasteiger partial charge in [0.1, 0.15) is 11.3 Å². The van der Waals surface area contributed by atoms with Crippen LogP contribution in [0.25, 0.3) is 0 Å². The zero-order valence-corrected chi connectivity index (χ0v) is 8.84. The highest BCUT2D eigenvalue weighted by Crippen LogP contribution is 2.04. The summed E-state index contributed by atoms with van der Waals surface area (Å²) in [4.78, 5) is 32.9. The van der Waals surface area contributed by atoms with Crippen molar-refractivity contribution in [3.8, 4) is 0 Å². The van der Waals surface area contributed by atoms with Crippen LogP contribution in [0.4, 0.5) is 0 Å². The van der Waals surface area contributed by atoms with Crippen molar-refractivity contribution in [1.82, 2.24) is 5.32 Å². The van der Waals surface area contributed by atoms with Gasteiger partial charge < -0.3 is 10.1 Å². The molecule has 0 bridgehead atoms. The molecule has 0 fully saturated rings. The molecular weight excluding hydrogens is 186 g/mol. The van der Waals surface area contributed by atoms with Gasteiger partial charge in [0.2, 0.25) is 5.91 Å². The minimum Gasteiger partial charge on any atom is -0.467 e. The van der Waals surface area contributed by atoms with E-state index in [2.05, 4.69) is 10.1 Å². The van der Waals surface area contributed by atoms with E-state index < -0.39 is 17.4 Å². The third-order valence-corrected chi connectivity index (χ3v) is 1.56. The van der Waals surface area contributed by atoms with E-state index in [1.807, 2.05) is 0 Å². The number of hydrogen-bond donors (Lipinski definition) is 1. The normalized spacial score (nSPS) is 10.6. The minimum atomic E-state index is -1.10. The van der Waals surface area contributed by atoms with Gasteiger partial charge in [-0.2, -0.15) is 0 Å². The Morgan fingerprint density at radius 2 is 1.79 bits per heavy atom. The van der Waals surface area contributed by atoms with Crippen molar-refractivity contribution in [2.24, 2.45) is 0 Å². The molecule has 0 aromatic rings. The van der Waals surface area contributed by atoms with E-state index in [0.717, 1.165) is 0 Å². The van der Waals surface area contributed by atoms with E-state index in [1.54, 1.807) is 0 Å². The average Bonchev–Trinajstić information content (AvgIpc) is 1.99. The number of ether oxygens (including phenoxy) is 1. The smallest absolute Gasteiger partial charge is 0.330 e. The van der Waals surface area contributed by atoms with Crippen molar-refractivity contribution in [3.63, 3.8) is 0 Å². The predicted octanol–water partition coefficient (Wildman–Crippen LogP) is 0.0333. The van der Waals surface area contributed by atoms with Gasteiger partial charge in [0.15, 0.2) is 0 Å². The van der Waals surface area contributed by atoms with E-state index in [9.17, 15) is 14.4 Å². The van der Waals surface area contributed by atoms with Gasteiger partial charge in [-0.1, -0.05) is 0 Å². The molecule has 0 aliphatic rings. The summed E-state index contributed by atoms with van der Waals surface area (Å²) in [6.07, 6.45) is -0.222. The van der Waals surface area contributed by atoms with Crippen molar-refractivity contribution in [2.75, 3.05) is 7.11 Å². The fourth-order valence-corrected chi connectivity index (χ4v) is 0.925. The minimum absolute atomic E-state index is 0.222. The number of amides is 1. The number of nitrogens with one attached hydrogen (secondary N) is 1. The van der Waals surface area contributed by atoms with Gasteiger partial charge in [-0.05, 0) is 20.8 Å². The first-order valence-electron chi connectivity index (χ1n) is 4.18. The van der Waals surface area contributed by atoms with Gasteiger partial charge in [0.25, 0.3) is 0 Å². The van der Waals surface area contributed by atoms with Gasteiger partial charge in [-0.3, -0.25) is 9.59 Å². The average molecular weight is 201 g/mol. The molecule has 0 rings (SSSR count). The summed E-state index contributed by atoms with van der Waals surface area (Å²) in [5, 5.41) is 2.40. The van der Waals surface area contributed by atoms with Crippen LogP contribution in [0, 0.1) is 0 Å². The quantitative estimate of drug-likeness (QED) is 0.514. The third-order valence-electron chi connectivity index (χ3n) is 1.56. The summed E-state index contributed by atoms with van der Waals surface area (Å²) in [5.74, 6) is -1.27. The molecule has 0 atom stereocenters. The van der Waals surface area contributed by atoms with Gasteiger partial charge in [0, 0.05) is 0 Å². The van der Waals surface area contributed by atoms with Crippen molar-refractivity contribution in [1.29, 1.82) is 0 Å². The summed E-state index contributed by atoms with van der Waals surface area (Å²) < 4.78 is 4.48. The van der Waals surface area contributed by atoms with Crippen molar-refractivity contribution in [3.05, 3.63) is 0 Å². The Kier molecular flexibility index (Phi) is 4.27. The maximum Gasteiger partial charge on any atom is 0.330 e. The molecule has 0 aliphatic heterocycles. The zero-order valence-electron chi connectivity index (χ0n) is 8.84. The first kappa shape index (κ1) is 12.6. The van der Waals surface area contributed by atoms with Crippen LogP contribution in [0.15, 0.2) is 0 Å². The Bertz CT molecular complexity index is 258. The second-order valence-electron chi connectivity index (χ2n) is 3.54. The number of esters is 1. The first-order chi connectivity index (χ1) is 6.29. The highest BCUT2D eigenvalue weighted by Gasteiger charge is 2.30. The zero-order chi connectivity index (χ0) is 11.4. The lowest BCUT2D eigenvalue weighted by atomic mass is 10.1. The fraction of sp³-hybridized carbons (Fsp3) is 0.667. The molecule has 5 nitrogen and oxygen atoms in total. The maximum absolute atomic E-state index is 11.1. The molecule has 0 saturated carbocycles.